The van der Waals surface area contributed by atoms with E-state index in [1.807, 2.05) is 12.3 Å². The molecule has 3 heterocycles. The molecule has 0 amide bonds. The van der Waals surface area contributed by atoms with Crippen molar-refractivity contribution < 1.29 is 0 Å². The molecule has 4 rings (SSSR count). The molecule has 1 atom stereocenters. The maximum absolute atomic E-state index is 4.45. The maximum atomic E-state index is 4.45. The fourth-order valence-corrected chi connectivity index (χ4v) is 4.01. The minimum absolute atomic E-state index is 0.607. The molecule has 0 spiro atoms. The third-order valence-corrected chi connectivity index (χ3v) is 5.82. The van der Waals surface area contributed by atoms with Gasteiger partial charge in [-0.1, -0.05) is 30.0 Å². The van der Waals surface area contributed by atoms with Gasteiger partial charge in [-0.25, -0.2) is 9.97 Å². The van der Waals surface area contributed by atoms with Gasteiger partial charge in [0.2, 0.25) is 0 Å². The molecule has 5 heteroatoms. The molecular formula is C26H29N5. The SMILES string of the molecule is CN(CCc1ccccn1)C1CCCN(Cc2ccc(C#Cc3cncnc3)cc2)C1. The van der Waals surface area contributed by atoms with E-state index in [4.69, 9.17) is 0 Å². The Balaban J connectivity index is 1.28. The van der Waals surface area contributed by atoms with Crippen LogP contribution in [0.15, 0.2) is 67.4 Å². The van der Waals surface area contributed by atoms with Gasteiger partial charge in [-0.15, -0.1) is 0 Å². The predicted octanol–water partition coefficient (Wildman–Crippen LogP) is 3.41. The number of rotatable bonds is 6. The molecule has 0 saturated carbocycles. The lowest BCUT2D eigenvalue weighted by Crippen LogP contribution is -2.46. The highest BCUT2D eigenvalue weighted by molar-refractivity contribution is 5.41. The summed E-state index contributed by atoms with van der Waals surface area (Å²) in [5.74, 6) is 6.29. The summed E-state index contributed by atoms with van der Waals surface area (Å²) in [4.78, 5) is 17.5. The molecule has 1 fully saturated rings. The lowest BCUT2D eigenvalue weighted by molar-refractivity contribution is 0.112. The molecular weight excluding hydrogens is 382 g/mol. The van der Waals surface area contributed by atoms with Crippen LogP contribution in [0.1, 0.15) is 35.2 Å². The van der Waals surface area contributed by atoms with Crippen LogP contribution in [0.5, 0.6) is 0 Å². The Hall–Kier alpha value is -3.07. The molecule has 1 saturated heterocycles. The van der Waals surface area contributed by atoms with Crippen molar-refractivity contribution in [2.45, 2.75) is 31.8 Å². The zero-order valence-corrected chi connectivity index (χ0v) is 18.1. The monoisotopic (exact) mass is 411 g/mol. The zero-order valence-electron chi connectivity index (χ0n) is 18.1. The summed E-state index contributed by atoms with van der Waals surface area (Å²) in [6.07, 6.45) is 10.4. The number of aromatic nitrogens is 3. The normalized spacial score (nSPS) is 16.6. The number of likely N-dealkylation sites (tertiary alicyclic amines) is 1. The van der Waals surface area contributed by atoms with Crippen molar-refractivity contribution in [3.63, 3.8) is 0 Å². The van der Waals surface area contributed by atoms with Crippen molar-refractivity contribution in [2.24, 2.45) is 0 Å². The van der Waals surface area contributed by atoms with Crippen LogP contribution in [0.2, 0.25) is 0 Å². The smallest absolute Gasteiger partial charge is 0.115 e. The molecule has 158 valence electrons. The number of likely N-dealkylation sites (N-methyl/N-ethyl adjacent to an activating group) is 1. The van der Waals surface area contributed by atoms with Crippen LogP contribution in [-0.2, 0) is 13.0 Å². The number of benzene rings is 1. The Morgan fingerprint density at radius 1 is 1.03 bits per heavy atom. The molecule has 1 aliphatic rings. The Morgan fingerprint density at radius 3 is 2.61 bits per heavy atom. The van der Waals surface area contributed by atoms with Crippen LogP contribution in [-0.4, -0.2) is 57.5 Å². The van der Waals surface area contributed by atoms with Crippen molar-refractivity contribution >= 4 is 0 Å². The van der Waals surface area contributed by atoms with E-state index in [0.29, 0.717) is 6.04 Å². The fraction of sp³-hybridized carbons (Fsp3) is 0.346. The second-order valence-corrected chi connectivity index (χ2v) is 8.16. The van der Waals surface area contributed by atoms with Gasteiger partial charge >= 0.3 is 0 Å². The van der Waals surface area contributed by atoms with Gasteiger partial charge in [0.25, 0.3) is 0 Å². The second-order valence-electron chi connectivity index (χ2n) is 8.16. The molecule has 1 aliphatic heterocycles. The van der Waals surface area contributed by atoms with E-state index in [1.54, 1.807) is 12.4 Å². The summed E-state index contributed by atoms with van der Waals surface area (Å²) < 4.78 is 0. The Morgan fingerprint density at radius 2 is 1.84 bits per heavy atom. The highest BCUT2D eigenvalue weighted by Crippen LogP contribution is 2.18. The van der Waals surface area contributed by atoms with Crippen molar-refractivity contribution in [1.29, 1.82) is 0 Å². The van der Waals surface area contributed by atoms with E-state index in [-0.39, 0.29) is 0 Å². The van der Waals surface area contributed by atoms with Gasteiger partial charge in [0, 0.05) is 61.9 Å². The van der Waals surface area contributed by atoms with Gasteiger partial charge in [-0.05, 0) is 56.3 Å². The first-order valence-electron chi connectivity index (χ1n) is 10.9. The van der Waals surface area contributed by atoms with Crippen LogP contribution in [0, 0.1) is 11.8 Å². The van der Waals surface area contributed by atoms with Crippen molar-refractivity contribution in [1.82, 2.24) is 24.8 Å². The number of hydrogen-bond acceptors (Lipinski definition) is 5. The van der Waals surface area contributed by atoms with Crippen molar-refractivity contribution in [3.8, 4) is 11.8 Å². The molecule has 0 bridgehead atoms. The van der Waals surface area contributed by atoms with Gasteiger partial charge in [0.05, 0.1) is 5.56 Å². The average molecular weight is 412 g/mol. The Bertz CT molecular complexity index is 993. The molecule has 2 aromatic heterocycles. The lowest BCUT2D eigenvalue weighted by atomic mass is 10.0. The largest absolute Gasteiger partial charge is 0.302 e. The van der Waals surface area contributed by atoms with Crippen molar-refractivity contribution in [3.05, 3.63) is 89.8 Å². The predicted molar refractivity (Wildman–Crippen MR) is 123 cm³/mol. The molecule has 1 aromatic carbocycles. The summed E-state index contributed by atoms with van der Waals surface area (Å²) in [7, 11) is 2.25. The lowest BCUT2D eigenvalue weighted by Gasteiger charge is -2.37. The van der Waals surface area contributed by atoms with Gasteiger partial charge < -0.3 is 4.90 Å². The number of piperidine rings is 1. The van der Waals surface area contributed by atoms with E-state index < -0.39 is 0 Å². The molecule has 5 nitrogen and oxygen atoms in total. The number of nitrogens with zero attached hydrogens (tertiary/aromatic N) is 5. The third-order valence-electron chi connectivity index (χ3n) is 5.82. The maximum Gasteiger partial charge on any atom is 0.115 e. The van der Waals surface area contributed by atoms with Gasteiger partial charge in [-0.2, -0.15) is 0 Å². The second kappa shape index (κ2) is 10.8. The number of pyridine rings is 1. The fourth-order valence-electron chi connectivity index (χ4n) is 4.01. The van der Waals surface area contributed by atoms with Crippen LogP contribution >= 0.6 is 0 Å². The summed E-state index contributed by atoms with van der Waals surface area (Å²) in [5.41, 5.74) is 4.35. The minimum atomic E-state index is 0.607. The summed E-state index contributed by atoms with van der Waals surface area (Å²) >= 11 is 0. The number of hydrogen-bond donors (Lipinski definition) is 0. The highest BCUT2D eigenvalue weighted by atomic mass is 15.2. The van der Waals surface area contributed by atoms with Crippen LogP contribution in [0.25, 0.3) is 0 Å². The first-order chi connectivity index (χ1) is 15.3. The zero-order chi connectivity index (χ0) is 21.3. The summed E-state index contributed by atoms with van der Waals surface area (Å²) in [6.45, 7) is 4.33. The van der Waals surface area contributed by atoms with E-state index in [2.05, 4.69) is 80.0 Å². The van der Waals surface area contributed by atoms with Gasteiger partial charge in [-0.3, -0.25) is 9.88 Å². The van der Waals surface area contributed by atoms with Gasteiger partial charge in [0.15, 0.2) is 0 Å². The van der Waals surface area contributed by atoms with Crippen LogP contribution in [0.3, 0.4) is 0 Å². The van der Waals surface area contributed by atoms with E-state index in [9.17, 15) is 0 Å². The summed E-state index contributed by atoms with van der Waals surface area (Å²) in [5, 5.41) is 0. The molecule has 0 N–H and O–H groups in total. The third kappa shape index (κ3) is 6.45. The standard InChI is InChI=1S/C26H29N5/c1-30(16-13-25-5-2-3-14-29-25)26-6-4-15-31(20-26)19-23-10-7-22(8-11-23)9-12-24-17-27-21-28-18-24/h2-3,5,7-8,10-11,14,17-18,21,26H,4,6,13,15-16,19-20H2,1H3. The molecule has 31 heavy (non-hydrogen) atoms. The summed E-state index contributed by atoms with van der Waals surface area (Å²) in [6, 6.07) is 15.4. The van der Waals surface area contributed by atoms with Crippen LogP contribution < -0.4 is 0 Å². The highest BCUT2D eigenvalue weighted by Gasteiger charge is 2.23. The van der Waals surface area contributed by atoms with E-state index >= 15 is 0 Å². The molecule has 3 aromatic rings. The minimum Gasteiger partial charge on any atom is -0.302 e. The molecule has 0 aliphatic carbocycles. The Labute approximate surface area is 185 Å². The molecule has 1 unspecified atom stereocenters. The Kier molecular flexibility index (Phi) is 7.38. The first-order valence-corrected chi connectivity index (χ1v) is 10.9. The molecule has 0 radical (unpaired) electrons. The average Bonchev–Trinajstić information content (AvgIpc) is 2.83. The van der Waals surface area contributed by atoms with E-state index in [1.165, 1.54) is 37.0 Å². The van der Waals surface area contributed by atoms with Crippen LogP contribution in [0.4, 0.5) is 0 Å². The van der Waals surface area contributed by atoms with E-state index in [0.717, 1.165) is 37.2 Å². The van der Waals surface area contributed by atoms with Crippen molar-refractivity contribution in [2.75, 3.05) is 26.7 Å². The topological polar surface area (TPSA) is 45.2 Å². The first kappa shape index (κ1) is 21.2. The van der Waals surface area contributed by atoms with Gasteiger partial charge in [0.1, 0.15) is 6.33 Å². The quantitative estimate of drug-likeness (QED) is 0.582.